The number of aryl methyl sites for hydroxylation is 1. The van der Waals surface area contributed by atoms with E-state index in [2.05, 4.69) is 4.98 Å². The Morgan fingerprint density at radius 3 is 2.49 bits per heavy atom. The largest absolute Gasteiger partial charge is 0.497 e. The van der Waals surface area contributed by atoms with Crippen LogP contribution in [-0.2, 0) is 11.3 Å². The number of nitrogens with zero attached hydrogens (tertiary/aromatic N) is 4. The lowest BCUT2D eigenvalue weighted by atomic mass is 9.87. The van der Waals surface area contributed by atoms with Gasteiger partial charge in [-0.05, 0) is 36.8 Å². The van der Waals surface area contributed by atoms with Gasteiger partial charge in [0, 0.05) is 36.6 Å². The number of fused-ring (bicyclic) bond motifs is 3. The Labute approximate surface area is 224 Å². The van der Waals surface area contributed by atoms with Crippen LogP contribution in [0.5, 0.6) is 17.2 Å². The molecule has 6 rings (SSSR count). The molecule has 0 radical (unpaired) electrons. The van der Waals surface area contributed by atoms with E-state index >= 15 is 0 Å². The maximum absolute atomic E-state index is 14.4. The van der Waals surface area contributed by atoms with Gasteiger partial charge in [0.1, 0.15) is 17.2 Å². The van der Waals surface area contributed by atoms with Crippen molar-refractivity contribution >= 4 is 45.0 Å². The number of carbonyl (C=O) groups is 1. The first kappa shape index (κ1) is 24.8. The second-order valence-electron chi connectivity index (χ2n) is 8.58. The smallest absolute Gasteiger partial charge is 0.241 e. The van der Waals surface area contributed by atoms with E-state index in [4.69, 9.17) is 14.5 Å². The number of carbonyl (C=O) groups excluding carboxylic acids is 1. The van der Waals surface area contributed by atoms with Crippen molar-refractivity contribution in [3.8, 4) is 17.2 Å². The van der Waals surface area contributed by atoms with E-state index < -0.39 is 5.92 Å². The number of benzene rings is 3. The van der Waals surface area contributed by atoms with Gasteiger partial charge >= 0.3 is 0 Å². The van der Waals surface area contributed by atoms with Gasteiger partial charge in [0.05, 0.1) is 29.6 Å². The molecule has 0 unspecified atom stereocenters. The van der Waals surface area contributed by atoms with Gasteiger partial charge < -0.3 is 14.0 Å². The minimum Gasteiger partial charge on any atom is -0.497 e. The highest BCUT2D eigenvalue weighted by Gasteiger charge is 2.36. The number of anilines is 1. The second kappa shape index (κ2) is 10.6. The van der Waals surface area contributed by atoms with Crippen molar-refractivity contribution in [1.82, 2.24) is 14.5 Å². The van der Waals surface area contributed by atoms with Crippen LogP contribution in [0.25, 0.3) is 10.2 Å². The maximum Gasteiger partial charge on any atom is 0.241 e. The molecule has 1 aliphatic heterocycles. The fraction of sp³-hybridized carbons (Fsp3) is 0.179. The van der Waals surface area contributed by atoms with Crippen molar-refractivity contribution in [2.45, 2.75) is 18.9 Å². The fourth-order valence-electron chi connectivity index (χ4n) is 4.60. The molecule has 1 aliphatic rings. The van der Waals surface area contributed by atoms with Crippen LogP contribution in [0, 0.1) is 0 Å². The lowest BCUT2D eigenvalue weighted by Crippen LogP contribution is -2.37. The third-order valence-corrected chi connectivity index (χ3v) is 7.41. The van der Waals surface area contributed by atoms with E-state index in [9.17, 15) is 4.79 Å². The Bertz CT molecular complexity index is 1490. The van der Waals surface area contributed by atoms with Crippen LogP contribution in [0.4, 0.5) is 5.13 Å². The van der Waals surface area contributed by atoms with Crippen molar-refractivity contribution in [1.29, 1.82) is 0 Å². The van der Waals surface area contributed by atoms with E-state index in [0.717, 1.165) is 40.1 Å². The van der Waals surface area contributed by atoms with E-state index in [1.807, 2.05) is 82.4 Å². The molecule has 0 bridgehead atoms. The maximum atomic E-state index is 14.4. The number of aromatic nitrogens is 3. The molecule has 9 heteroatoms. The number of methoxy groups -OCH3 is 1. The Morgan fingerprint density at radius 2 is 1.81 bits per heavy atom. The average Bonchev–Trinajstić information content (AvgIpc) is 3.58. The Hall–Kier alpha value is -3.88. The van der Waals surface area contributed by atoms with Gasteiger partial charge in [-0.15, -0.1) is 12.4 Å². The van der Waals surface area contributed by atoms with Crippen molar-refractivity contribution in [2.75, 3.05) is 18.6 Å². The van der Waals surface area contributed by atoms with Crippen LogP contribution in [0.15, 0.2) is 85.5 Å². The van der Waals surface area contributed by atoms with Crippen LogP contribution in [0.1, 0.15) is 23.5 Å². The molecule has 188 valence electrons. The predicted molar refractivity (Wildman–Crippen MR) is 147 cm³/mol. The molecule has 0 aliphatic carbocycles. The number of para-hydroxylation sites is 2. The summed E-state index contributed by atoms with van der Waals surface area (Å²) in [5.41, 5.74) is 2.57. The van der Waals surface area contributed by atoms with Crippen LogP contribution in [-0.4, -0.2) is 34.1 Å². The number of thiazole rings is 1. The lowest BCUT2D eigenvalue weighted by molar-refractivity contribution is -0.119. The monoisotopic (exact) mass is 532 g/mol. The van der Waals surface area contributed by atoms with Gasteiger partial charge in [0.25, 0.3) is 0 Å². The summed E-state index contributed by atoms with van der Waals surface area (Å²) < 4.78 is 14.5. The summed E-state index contributed by atoms with van der Waals surface area (Å²) in [4.78, 5) is 25.2. The third-order valence-electron chi connectivity index (χ3n) is 6.37. The number of hydrogen-bond acceptors (Lipinski definition) is 6. The zero-order chi connectivity index (χ0) is 24.5. The molecular formula is C28H25ClN4O3S. The van der Waals surface area contributed by atoms with E-state index in [1.165, 1.54) is 11.3 Å². The number of imidazole rings is 1. The highest BCUT2D eigenvalue weighted by Crippen LogP contribution is 2.45. The highest BCUT2D eigenvalue weighted by molar-refractivity contribution is 7.22. The van der Waals surface area contributed by atoms with Gasteiger partial charge in [0.15, 0.2) is 5.13 Å². The number of rotatable bonds is 7. The first-order chi connectivity index (χ1) is 17.7. The molecule has 3 aromatic carbocycles. The number of halogens is 1. The van der Waals surface area contributed by atoms with Gasteiger partial charge in [-0.2, -0.15) is 0 Å². The number of ether oxygens (including phenoxy) is 2. The molecular weight excluding hydrogens is 508 g/mol. The topological polar surface area (TPSA) is 69.5 Å². The van der Waals surface area contributed by atoms with Gasteiger partial charge in [-0.1, -0.05) is 47.7 Å². The van der Waals surface area contributed by atoms with Crippen LogP contribution in [0.3, 0.4) is 0 Å². The van der Waals surface area contributed by atoms with Gasteiger partial charge in [0.2, 0.25) is 5.91 Å². The van der Waals surface area contributed by atoms with E-state index in [1.54, 1.807) is 19.6 Å². The lowest BCUT2D eigenvalue weighted by Gasteiger charge is -2.31. The van der Waals surface area contributed by atoms with Crippen LogP contribution in [0.2, 0.25) is 0 Å². The van der Waals surface area contributed by atoms with Crippen LogP contribution >= 0.6 is 23.7 Å². The van der Waals surface area contributed by atoms with Crippen molar-refractivity contribution < 1.29 is 14.3 Å². The summed E-state index contributed by atoms with van der Waals surface area (Å²) in [6.45, 7) is 1.28. The standard InChI is InChI=1S/C28H24N4O3S.ClH/c1-34-19-11-12-22-25(17-19)36-28(30-22)32(15-6-14-31-16-13-29-18-31)27(33)26-20-7-2-4-9-23(20)35-24-10-5-3-8-21(24)26;/h2-5,7-13,16-18,26H,6,14-15H2,1H3;1H. The summed E-state index contributed by atoms with van der Waals surface area (Å²) in [5, 5.41) is 0.676. The summed E-state index contributed by atoms with van der Waals surface area (Å²) >= 11 is 1.50. The average molecular weight is 533 g/mol. The van der Waals surface area contributed by atoms with Crippen molar-refractivity contribution in [3.05, 3.63) is 96.6 Å². The molecule has 3 heterocycles. The quantitative estimate of drug-likeness (QED) is 0.246. The SMILES string of the molecule is COc1ccc2nc(N(CCCn3ccnc3)C(=O)C3c4ccccc4Oc4ccccc43)sc2c1.Cl. The third kappa shape index (κ3) is 4.77. The number of amides is 1. The zero-order valence-corrected chi connectivity index (χ0v) is 21.7. The number of hydrogen-bond donors (Lipinski definition) is 0. The molecule has 1 amide bonds. The molecule has 0 N–H and O–H groups in total. The van der Waals surface area contributed by atoms with Gasteiger partial charge in [-0.3, -0.25) is 9.69 Å². The van der Waals surface area contributed by atoms with Crippen LogP contribution < -0.4 is 14.4 Å². The summed E-state index contributed by atoms with van der Waals surface area (Å²) in [5.74, 6) is 1.68. The fourth-order valence-corrected chi connectivity index (χ4v) is 5.62. The molecule has 0 saturated heterocycles. The molecule has 7 nitrogen and oxygen atoms in total. The Kier molecular flexibility index (Phi) is 7.12. The minimum atomic E-state index is -0.485. The molecule has 0 atom stereocenters. The molecule has 37 heavy (non-hydrogen) atoms. The summed E-state index contributed by atoms with van der Waals surface area (Å²) in [7, 11) is 1.65. The van der Waals surface area contributed by atoms with E-state index in [0.29, 0.717) is 23.2 Å². The molecule has 0 spiro atoms. The zero-order valence-electron chi connectivity index (χ0n) is 20.1. The molecule has 5 aromatic rings. The highest BCUT2D eigenvalue weighted by atomic mass is 35.5. The first-order valence-corrected chi connectivity index (χ1v) is 12.6. The molecule has 0 saturated carbocycles. The Balaban J connectivity index is 0.00000280. The Morgan fingerprint density at radius 1 is 1.08 bits per heavy atom. The minimum absolute atomic E-state index is 0. The van der Waals surface area contributed by atoms with Crippen molar-refractivity contribution in [3.63, 3.8) is 0 Å². The molecule has 2 aromatic heterocycles. The molecule has 0 fully saturated rings. The summed E-state index contributed by atoms with van der Waals surface area (Å²) in [6, 6.07) is 21.3. The van der Waals surface area contributed by atoms with Crippen molar-refractivity contribution in [2.24, 2.45) is 0 Å². The normalized spacial score (nSPS) is 12.2. The first-order valence-electron chi connectivity index (χ1n) is 11.8. The second-order valence-corrected chi connectivity index (χ2v) is 9.59. The predicted octanol–water partition coefficient (Wildman–Crippen LogP) is 6.28. The van der Waals surface area contributed by atoms with Gasteiger partial charge in [-0.25, -0.2) is 9.97 Å². The summed E-state index contributed by atoms with van der Waals surface area (Å²) in [6.07, 6.45) is 6.25. The van der Waals surface area contributed by atoms with E-state index in [-0.39, 0.29) is 18.3 Å².